The normalized spacial score (nSPS) is 14.2. The molecule has 0 amide bonds. The minimum atomic E-state index is -4.96. The van der Waals surface area contributed by atoms with Gasteiger partial charge < -0.3 is 33.8 Å². The molecule has 0 saturated heterocycles. The van der Waals surface area contributed by atoms with Gasteiger partial charge in [-0.25, -0.2) is 9.13 Å². The topological polar surface area (TPSA) is 237 Å². The lowest BCUT2D eigenvalue weighted by atomic mass is 9.99. The van der Waals surface area contributed by atoms with Gasteiger partial charge in [0.25, 0.3) is 0 Å². The molecular formula is C81H158O17P2. The minimum Gasteiger partial charge on any atom is -0.462 e. The summed E-state index contributed by atoms with van der Waals surface area (Å²) in [6, 6.07) is 0. The van der Waals surface area contributed by atoms with Gasteiger partial charge in [-0.1, -0.05) is 370 Å². The molecule has 0 rings (SSSR count). The van der Waals surface area contributed by atoms with E-state index in [-0.39, 0.29) is 25.7 Å². The lowest BCUT2D eigenvalue weighted by molar-refractivity contribution is -0.161. The first-order valence-corrected chi connectivity index (χ1v) is 44.9. The fraction of sp³-hybridized carbons (Fsp3) is 0.951. The van der Waals surface area contributed by atoms with Crippen LogP contribution in [0.25, 0.3) is 0 Å². The Kier molecular flexibility index (Phi) is 69.9. The van der Waals surface area contributed by atoms with Crippen molar-refractivity contribution in [2.75, 3.05) is 39.6 Å². The largest absolute Gasteiger partial charge is 0.472 e. The monoisotopic (exact) mass is 1470 g/mol. The number of hydrogen-bond donors (Lipinski definition) is 3. The van der Waals surface area contributed by atoms with E-state index in [9.17, 15) is 43.2 Å². The first kappa shape index (κ1) is 98.1. The number of phosphoric ester groups is 2. The third kappa shape index (κ3) is 73.0. The van der Waals surface area contributed by atoms with Crippen molar-refractivity contribution in [3.8, 4) is 0 Å². The fourth-order valence-electron chi connectivity index (χ4n) is 12.5. The molecule has 0 aliphatic rings. The summed E-state index contributed by atoms with van der Waals surface area (Å²) in [6.45, 7) is 12.0. The Labute approximate surface area is 613 Å². The van der Waals surface area contributed by atoms with Gasteiger partial charge in [0.15, 0.2) is 12.2 Å². The van der Waals surface area contributed by atoms with Crippen LogP contribution in [0.3, 0.4) is 0 Å². The fourth-order valence-corrected chi connectivity index (χ4v) is 14.0. The summed E-state index contributed by atoms with van der Waals surface area (Å²) in [4.78, 5) is 73.0. The van der Waals surface area contributed by atoms with Crippen molar-refractivity contribution in [2.24, 2.45) is 17.8 Å². The van der Waals surface area contributed by atoms with Crippen LogP contribution in [-0.4, -0.2) is 96.7 Å². The lowest BCUT2D eigenvalue weighted by Crippen LogP contribution is -2.30. The van der Waals surface area contributed by atoms with Gasteiger partial charge in [-0.05, 0) is 43.4 Å². The predicted octanol–water partition coefficient (Wildman–Crippen LogP) is 24.1. The molecule has 100 heavy (non-hydrogen) atoms. The van der Waals surface area contributed by atoms with Crippen LogP contribution in [0.15, 0.2) is 0 Å². The van der Waals surface area contributed by atoms with Crippen LogP contribution in [0.1, 0.15) is 421 Å². The van der Waals surface area contributed by atoms with Crippen LogP contribution in [-0.2, 0) is 65.4 Å². The van der Waals surface area contributed by atoms with Crippen molar-refractivity contribution in [2.45, 2.75) is 439 Å². The smallest absolute Gasteiger partial charge is 0.462 e. The zero-order chi connectivity index (χ0) is 73.7. The van der Waals surface area contributed by atoms with E-state index in [1.54, 1.807) is 0 Å². The van der Waals surface area contributed by atoms with Crippen molar-refractivity contribution in [1.29, 1.82) is 0 Å². The van der Waals surface area contributed by atoms with E-state index >= 15 is 0 Å². The summed E-state index contributed by atoms with van der Waals surface area (Å²) in [7, 11) is -9.92. The molecule has 6 atom stereocenters. The highest BCUT2D eigenvalue weighted by atomic mass is 31.2. The average Bonchev–Trinajstić information content (AvgIpc) is 0.940. The van der Waals surface area contributed by atoms with Gasteiger partial charge >= 0.3 is 39.5 Å². The summed E-state index contributed by atoms with van der Waals surface area (Å²) in [5.74, 6) is 0.278. The average molecular weight is 1470 g/mol. The summed E-state index contributed by atoms with van der Waals surface area (Å²) in [5.41, 5.74) is 0. The second-order valence-corrected chi connectivity index (χ2v) is 33.3. The molecule has 0 aliphatic heterocycles. The van der Waals surface area contributed by atoms with E-state index in [2.05, 4.69) is 48.5 Å². The molecule has 0 heterocycles. The molecule has 19 heteroatoms. The molecule has 17 nitrogen and oxygen atoms in total. The molecule has 0 fully saturated rings. The van der Waals surface area contributed by atoms with Gasteiger partial charge in [0.1, 0.15) is 19.3 Å². The second kappa shape index (κ2) is 71.3. The summed E-state index contributed by atoms with van der Waals surface area (Å²) in [5, 5.41) is 10.6. The van der Waals surface area contributed by atoms with Crippen LogP contribution in [0.4, 0.5) is 0 Å². The summed E-state index contributed by atoms with van der Waals surface area (Å²) >= 11 is 0. The number of esters is 4. The predicted molar refractivity (Wildman–Crippen MR) is 409 cm³/mol. The minimum absolute atomic E-state index is 0.106. The summed E-state index contributed by atoms with van der Waals surface area (Å²) < 4.78 is 68.7. The number of aliphatic hydroxyl groups is 1. The Morgan fingerprint density at radius 3 is 0.760 bits per heavy atom. The molecule has 0 aliphatic carbocycles. The van der Waals surface area contributed by atoms with Crippen LogP contribution in [0, 0.1) is 17.8 Å². The number of unbranched alkanes of at least 4 members (excludes halogenated alkanes) is 46. The first-order valence-electron chi connectivity index (χ1n) is 41.9. The van der Waals surface area contributed by atoms with E-state index in [0.717, 1.165) is 108 Å². The highest BCUT2D eigenvalue weighted by Gasteiger charge is 2.30. The Bertz CT molecular complexity index is 1940. The van der Waals surface area contributed by atoms with Crippen molar-refractivity contribution in [3.63, 3.8) is 0 Å². The molecule has 3 N–H and O–H groups in total. The van der Waals surface area contributed by atoms with Crippen LogP contribution >= 0.6 is 15.6 Å². The zero-order valence-electron chi connectivity index (χ0n) is 65.7. The van der Waals surface area contributed by atoms with Crippen LogP contribution in [0.5, 0.6) is 0 Å². The maximum Gasteiger partial charge on any atom is 0.472 e. The van der Waals surface area contributed by atoms with E-state index in [1.807, 2.05) is 0 Å². The molecule has 0 aromatic rings. The van der Waals surface area contributed by atoms with Gasteiger partial charge in [0.05, 0.1) is 26.4 Å². The van der Waals surface area contributed by atoms with E-state index in [0.29, 0.717) is 25.7 Å². The first-order chi connectivity index (χ1) is 48.3. The highest BCUT2D eigenvalue weighted by Crippen LogP contribution is 2.45. The third-order valence-electron chi connectivity index (χ3n) is 19.2. The Balaban J connectivity index is 5.21. The number of ether oxygens (including phenoxy) is 4. The maximum absolute atomic E-state index is 13.1. The molecule has 0 radical (unpaired) electrons. The maximum atomic E-state index is 13.1. The molecule has 0 spiro atoms. The van der Waals surface area contributed by atoms with Crippen molar-refractivity contribution in [1.82, 2.24) is 0 Å². The number of rotatable bonds is 79. The van der Waals surface area contributed by atoms with Crippen LogP contribution in [0.2, 0.25) is 0 Å². The molecule has 0 bridgehead atoms. The number of aliphatic hydroxyl groups excluding tert-OH is 1. The SMILES string of the molecule is CCCCCCCCCCCCCC(=O)OC[C@H](COP(=O)(O)OC[C@H](O)COP(=O)(O)OC[C@@H](COC(=O)CCCCCCCCCCCCCCC(C)C)OC(=O)CCCCCCCCCCCCCCCCCCCCC(C)CC)OC(=O)CCCCCCCCCCCC(C)C. The molecule has 3 unspecified atom stereocenters. The molecule has 0 aromatic heterocycles. The van der Waals surface area contributed by atoms with Crippen LogP contribution < -0.4 is 0 Å². The van der Waals surface area contributed by atoms with Gasteiger partial charge in [-0.2, -0.15) is 0 Å². The molecule has 594 valence electrons. The number of carbonyl (C=O) groups excluding carboxylic acids is 4. The lowest BCUT2D eigenvalue weighted by Gasteiger charge is -2.21. The zero-order valence-corrected chi connectivity index (χ0v) is 67.5. The number of phosphoric acid groups is 2. The Hall–Kier alpha value is -1.94. The van der Waals surface area contributed by atoms with E-state index in [1.165, 1.54) is 231 Å². The highest BCUT2D eigenvalue weighted by molar-refractivity contribution is 7.47. The third-order valence-corrected chi connectivity index (χ3v) is 21.1. The number of carbonyl (C=O) groups is 4. The standard InChI is InChI=1S/C81H158O17P2/c1-8-10-11-12-13-14-25-34-41-48-55-62-78(83)91-69-77(98-81(86)65-58-51-44-37-30-32-39-46-53-60-73(5)6)71-96-100(89,90)94-67-75(82)66-93-99(87,88)95-70-76(68-92-79(84)63-56-49-42-35-28-24-23-26-31-38-45-52-59-72(3)4)97-80(85)64-57-50-43-36-29-22-20-18-16-15-17-19-21-27-33-40-47-54-61-74(7)9-2/h72-77,82H,8-71H2,1-7H3,(H,87,88)(H,89,90)/t74?,75-,76-,77-/m1/s1. The van der Waals surface area contributed by atoms with Crippen molar-refractivity contribution in [3.05, 3.63) is 0 Å². The molecular weight excluding hydrogens is 1310 g/mol. The van der Waals surface area contributed by atoms with Gasteiger partial charge in [0.2, 0.25) is 0 Å². The molecule has 0 saturated carbocycles. The van der Waals surface area contributed by atoms with Crippen molar-refractivity contribution < 1.29 is 80.2 Å². The Morgan fingerprint density at radius 2 is 0.510 bits per heavy atom. The quantitative estimate of drug-likeness (QED) is 0.0222. The number of hydrogen-bond acceptors (Lipinski definition) is 15. The van der Waals surface area contributed by atoms with Gasteiger partial charge in [-0.3, -0.25) is 37.3 Å². The summed E-state index contributed by atoms with van der Waals surface area (Å²) in [6.07, 6.45) is 59.6. The Morgan fingerprint density at radius 1 is 0.290 bits per heavy atom. The van der Waals surface area contributed by atoms with Gasteiger partial charge in [0, 0.05) is 25.7 Å². The second-order valence-electron chi connectivity index (χ2n) is 30.4. The molecule has 0 aromatic carbocycles. The van der Waals surface area contributed by atoms with E-state index < -0.39 is 97.5 Å². The van der Waals surface area contributed by atoms with Crippen molar-refractivity contribution >= 4 is 39.5 Å². The van der Waals surface area contributed by atoms with E-state index in [4.69, 9.17) is 37.0 Å². The van der Waals surface area contributed by atoms with Gasteiger partial charge in [-0.15, -0.1) is 0 Å².